The molecule has 2 rings (SSSR count). The monoisotopic (exact) mass is 231 g/mol. The summed E-state index contributed by atoms with van der Waals surface area (Å²) in [5.41, 5.74) is 8.40. The van der Waals surface area contributed by atoms with E-state index < -0.39 is 6.10 Å². The molecule has 4 nitrogen and oxygen atoms in total. The minimum absolute atomic E-state index is 0.270. The standard InChI is InChI=1S/C13H17N3O/c1-16-11(7-12(17)9-14)8-13(15-16)10-5-3-2-4-6-10/h2-6,8,12,17H,7,9,14H2,1H3. The van der Waals surface area contributed by atoms with Crippen LogP contribution in [0.25, 0.3) is 11.3 Å². The second-order valence-corrected chi connectivity index (χ2v) is 4.10. The number of nitrogens with zero attached hydrogens (tertiary/aromatic N) is 2. The van der Waals surface area contributed by atoms with Crippen LogP contribution in [0.5, 0.6) is 0 Å². The van der Waals surface area contributed by atoms with Gasteiger partial charge in [0.1, 0.15) is 0 Å². The summed E-state index contributed by atoms with van der Waals surface area (Å²) >= 11 is 0. The second kappa shape index (κ2) is 5.12. The first-order valence-corrected chi connectivity index (χ1v) is 5.67. The second-order valence-electron chi connectivity index (χ2n) is 4.10. The van der Waals surface area contributed by atoms with E-state index in [0.29, 0.717) is 6.42 Å². The fourth-order valence-electron chi connectivity index (χ4n) is 1.77. The van der Waals surface area contributed by atoms with Crippen molar-refractivity contribution in [3.8, 4) is 11.3 Å². The molecule has 0 amide bonds. The molecule has 2 aromatic rings. The van der Waals surface area contributed by atoms with E-state index in [1.807, 2.05) is 43.4 Å². The molecule has 0 aliphatic carbocycles. The molecular weight excluding hydrogens is 214 g/mol. The highest BCUT2D eigenvalue weighted by molar-refractivity contribution is 5.59. The van der Waals surface area contributed by atoms with E-state index >= 15 is 0 Å². The molecule has 0 saturated carbocycles. The average molecular weight is 231 g/mol. The fourth-order valence-corrected chi connectivity index (χ4v) is 1.77. The van der Waals surface area contributed by atoms with E-state index in [9.17, 15) is 5.11 Å². The van der Waals surface area contributed by atoms with Gasteiger partial charge in [-0.2, -0.15) is 5.10 Å². The van der Waals surface area contributed by atoms with Gasteiger partial charge < -0.3 is 10.8 Å². The van der Waals surface area contributed by atoms with E-state index in [0.717, 1.165) is 17.0 Å². The van der Waals surface area contributed by atoms with E-state index in [2.05, 4.69) is 5.10 Å². The van der Waals surface area contributed by atoms with E-state index in [1.165, 1.54) is 0 Å². The molecule has 0 aliphatic heterocycles. The molecule has 4 heteroatoms. The summed E-state index contributed by atoms with van der Waals surface area (Å²) in [5, 5.41) is 14.0. The maximum Gasteiger partial charge on any atom is 0.0925 e. The number of hydrogen-bond acceptors (Lipinski definition) is 3. The van der Waals surface area contributed by atoms with Crippen molar-refractivity contribution in [2.24, 2.45) is 12.8 Å². The third-order valence-corrected chi connectivity index (χ3v) is 2.76. The first-order valence-electron chi connectivity index (χ1n) is 5.67. The van der Waals surface area contributed by atoms with Crippen molar-refractivity contribution in [3.63, 3.8) is 0 Å². The molecule has 0 fully saturated rings. The lowest BCUT2D eigenvalue weighted by molar-refractivity contribution is 0.181. The lowest BCUT2D eigenvalue weighted by Gasteiger charge is -2.06. The Labute approximate surface area is 101 Å². The van der Waals surface area contributed by atoms with Crippen molar-refractivity contribution in [3.05, 3.63) is 42.1 Å². The van der Waals surface area contributed by atoms with Gasteiger partial charge in [-0.1, -0.05) is 30.3 Å². The molecule has 1 unspecified atom stereocenters. The van der Waals surface area contributed by atoms with Gasteiger partial charge in [-0.25, -0.2) is 0 Å². The molecular formula is C13H17N3O. The van der Waals surface area contributed by atoms with Crippen LogP contribution in [0.15, 0.2) is 36.4 Å². The molecule has 3 N–H and O–H groups in total. The van der Waals surface area contributed by atoms with Gasteiger partial charge >= 0.3 is 0 Å². The maximum atomic E-state index is 9.55. The molecule has 0 aliphatic rings. The van der Waals surface area contributed by atoms with Gasteiger partial charge in [-0.3, -0.25) is 4.68 Å². The van der Waals surface area contributed by atoms with Gasteiger partial charge in [0.05, 0.1) is 11.8 Å². The number of benzene rings is 1. The van der Waals surface area contributed by atoms with Crippen molar-refractivity contribution in [1.29, 1.82) is 0 Å². The summed E-state index contributed by atoms with van der Waals surface area (Å²) in [6.07, 6.45) is 0.0290. The van der Waals surface area contributed by atoms with Crippen molar-refractivity contribution in [1.82, 2.24) is 9.78 Å². The van der Waals surface area contributed by atoms with E-state index in [1.54, 1.807) is 4.68 Å². The van der Waals surface area contributed by atoms with Crippen LogP contribution in [-0.4, -0.2) is 27.5 Å². The van der Waals surface area contributed by atoms with Crippen LogP contribution in [0, 0.1) is 0 Å². The van der Waals surface area contributed by atoms with Gasteiger partial charge in [0.2, 0.25) is 0 Å². The molecule has 17 heavy (non-hydrogen) atoms. The summed E-state index contributed by atoms with van der Waals surface area (Å²) in [4.78, 5) is 0. The maximum absolute atomic E-state index is 9.55. The SMILES string of the molecule is Cn1nc(-c2ccccc2)cc1CC(O)CN. The van der Waals surface area contributed by atoms with E-state index in [4.69, 9.17) is 5.73 Å². The lowest BCUT2D eigenvalue weighted by Crippen LogP contribution is -2.23. The summed E-state index contributed by atoms with van der Waals surface area (Å²) in [5.74, 6) is 0. The van der Waals surface area contributed by atoms with Crippen LogP contribution in [0.1, 0.15) is 5.69 Å². The summed E-state index contributed by atoms with van der Waals surface area (Å²) in [6, 6.07) is 12.0. The van der Waals surface area contributed by atoms with Crippen LogP contribution >= 0.6 is 0 Å². The highest BCUT2D eigenvalue weighted by Gasteiger charge is 2.10. The first-order chi connectivity index (χ1) is 8.20. The van der Waals surface area contributed by atoms with Gasteiger partial charge in [0.15, 0.2) is 0 Å². The minimum atomic E-state index is -0.506. The molecule has 1 heterocycles. The van der Waals surface area contributed by atoms with Crippen molar-refractivity contribution in [2.45, 2.75) is 12.5 Å². The van der Waals surface area contributed by atoms with Gasteiger partial charge in [-0.05, 0) is 6.07 Å². The number of aliphatic hydroxyl groups excluding tert-OH is 1. The van der Waals surface area contributed by atoms with Crippen LogP contribution in [0.2, 0.25) is 0 Å². The zero-order valence-electron chi connectivity index (χ0n) is 9.87. The molecule has 90 valence electrons. The van der Waals surface area contributed by atoms with Gasteiger partial charge in [0, 0.05) is 31.3 Å². The third-order valence-electron chi connectivity index (χ3n) is 2.76. The predicted molar refractivity (Wildman–Crippen MR) is 67.4 cm³/mol. The molecule has 1 atom stereocenters. The Hall–Kier alpha value is -1.65. The largest absolute Gasteiger partial charge is 0.391 e. The van der Waals surface area contributed by atoms with Crippen molar-refractivity contribution >= 4 is 0 Å². The Bertz CT molecular complexity index is 479. The summed E-state index contributed by atoms with van der Waals surface area (Å²) < 4.78 is 1.79. The van der Waals surface area contributed by atoms with Gasteiger partial charge in [0.25, 0.3) is 0 Å². The number of hydrogen-bond donors (Lipinski definition) is 2. The summed E-state index contributed by atoms with van der Waals surface area (Å²) in [6.45, 7) is 0.270. The quantitative estimate of drug-likeness (QED) is 0.823. The molecule has 0 saturated heterocycles. The Morgan fingerprint density at radius 3 is 2.71 bits per heavy atom. The smallest absolute Gasteiger partial charge is 0.0925 e. The van der Waals surface area contributed by atoms with Crippen molar-refractivity contribution < 1.29 is 5.11 Å². The Balaban J connectivity index is 2.25. The predicted octanol–water partition coefficient (Wildman–Crippen LogP) is 0.949. The minimum Gasteiger partial charge on any atom is -0.391 e. The van der Waals surface area contributed by atoms with Crippen LogP contribution in [0.4, 0.5) is 0 Å². The number of rotatable bonds is 4. The van der Waals surface area contributed by atoms with Crippen molar-refractivity contribution in [2.75, 3.05) is 6.54 Å². The van der Waals surface area contributed by atoms with Crippen LogP contribution in [0.3, 0.4) is 0 Å². The Kier molecular flexibility index (Phi) is 3.56. The van der Waals surface area contributed by atoms with E-state index in [-0.39, 0.29) is 6.54 Å². The Morgan fingerprint density at radius 1 is 1.35 bits per heavy atom. The van der Waals surface area contributed by atoms with Crippen LogP contribution in [-0.2, 0) is 13.5 Å². The number of nitrogens with two attached hydrogens (primary N) is 1. The normalized spacial score (nSPS) is 12.6. The molecule has 0 radical (unpaired) electrons. The summed E-state index contributed by atoms with van der Waals surface area (Å²) in [7, 11) is 1.88. The van der Waals surface area contributed by atoms with Gasteiger partial charge in [-0.15, -0.1) is 0 Å². The topological polar surface area (TPSA) is 64.1 Å². The number of aryl methyl sites for hydroxylation is 1. The number of aliphatic hydroxyl groups is 1. The molecule has 0 bridgehead atoms. The van der Waals surface area contributed by atoms with Crippen LogP contribution < -0.4 is 5.73 Å². The fraction of sp³-hybridized carbons (Fsp3) is 0.308. The first kappa shape index (κ1) is 11.8. The zero-order chi connectivity index (χ0) is 12.3. The number of aromatic nitrogens is 2. The Morgan fingerprint density at radius 2 is 2.06 bits per heavy atom. The highest BCUT2D eigenvalue weighted by atomic mass is 16.3. The molecule has 1 aromatic heterocycles. The molecule has 0 spiro atoms. The highest BCUT2D eigenvalue weighted by Crippen LogP contribution is 2.18. The zero-order valence-corrected chi connectivity index (χ0v) is 9.87. The third kappa shape index (κ3) is 2.72. The average Bonchev–Trinajstić information content (AvgIpc) is 2.72. The molecule has 1 aromatic carbocycles. The lowest BCUT2D eigenvalue weighted by atomic mass is 10.1.